The number of nitrogens with two attached hydrogens (primary N) is 1. The molecule has 0 atom stereocenters. The molecule has 1 aromatic heterocycles. The molecule has 2 aromatic rings. The summed E-state index contributed by atoms with van der Waals surface area (Å²) in [6, 6.07) is 5.55. The van der Waals surface area contributed by atoms with Crippen molar-refractivity contribution in [3.05, 3.63) is 41.2 Å². The molecular weight excluding hydrogens is 240 g/mol. The molecule has 1 amide bonds. The molecule has 3 N–H and O–H groups in total. The highest BCUT2D eigenvalue weighted by Crippen LogP contribution is 2.21. The Bertz CT molecular complexity index is 616. The Morgan fingerprint density at radius 3 is 2.89 bits per heavy atom. The zero-order valence-electron chi connectivity index (χ0n) is 11.4. The van der Waals surface area contributed by atoms with Crippen LogP contribution in [0.5, 0.6) is 0 Å². The summed E-state index contributed by atoms with van der Waals surface area (Å²) >= 11 is 0. The third-order valence-corrected chi connectivity index (χ3v) is 2.94. The first kappa shape index (κ1) is 13.1. The van der Waals surface area contributed by atoms with Gasteiger partial charge in [0.25, 0.3) is 5.91 Å². The summed E-state index contributed by atoms with van der Waals surface area (Å²) < 4.78 is 1.65. The minimum Gasteiger partial charge on any atom is -0.397 e. The summed E-state index contributed by atoms with van der Waals surface area (Å²) in [4.78, 5) is 12.3. The summed E-state index contributed by atoms with van der Waals surface area (Å²) in [6.45, 7) is 3.93. The number of nitrogen functional groups attached to an aromatic ring is 1. The zero-order chi connectivity index (χ0) is 14.0. The maximum absolute atomic E-state index is 12.3. The van der Waals surface area contributed by atoms with Crippen molar-refractivity contribution in [1.29, 1.82) is 0 Å². The van der Waals surface area contributed by atoms with Crippen LogP contribution in [-0.2, 0) is 13.5 Å². The van der Waals surface area contributed by atoms with Crippen LogP contribution >= 0.6 is 0 Å². The van der Waals surface area contributed by atoms with Crippen LogP contribution in [0.3, 0.4) is 0 Å². The van der Waals surface area contributed by atoms with Crippen LogP contribution in [0.4, 0.5) is 11.4 Å². The number of benzene rings is 1. The Kier molecular flexibility index (Phi) is 3.55. The van der Waals surface area contributed by atoms with Gasteiger partial charge in [0.05, 0.1) is 22.6 Å². The van der Waals surface area contributed by atoms with E-state index < -0.39 is 0 Å². The molecule has 1 aromatic carbocycles. The molecule has 0 fully saturated rings. The lowest BCUT2D eigenvalue weighted by atomic mass is 10.1. The van der Waals surface area contributed by atoms with E-state index in [2.05, 4.69) is 10.4 Å². The molecular formula is C14H18N4O. The Balaban J connectivity index is 2.27. The Morgan fingerprint density at radius 1 is 1.47 bits per heavy atom. The van der Waals surface area contributed by atoms with Gasteiger partial charge in [0.2, 0.25) is 0 Å². The van der Waals surface area contributed by atoms with Crippen LogP contribution in [0.25, 0.3) is 0 Å². The van der Waals surface area contributed by atoms with E-state index in [1.165, 1.54) is 0 Å². The highest BCUT2D eigenvalue weighted by atomic mass is 16.1. The average molecular weight is 258 g/mol. The van der Waals surface area contributed by atoms with E-state index >= 15 is 0 Å². The third-order valence-electron chi connectivity index (χ3n) is 2.94. The summed E-state index contributed by atoms with van der Waals surface area (Å²) in [7, 11) is 1.80. The lowest BCUT2D eigenvalue weighted by molar-refractivity contribution is 0.102. The van der Waals surface area contributed by atoms with Crippen molar-refractivity contribution in [2.24, 2.45) is 7.05 Å². The number of nitrogens with one attached hydrogen (secondary N) is 1. The highest BCUT2D eigenvalue weighted by molar-refractivity contribution is 6.06. The minimum atomic E-state index is -0.178. The molecule has 0 radical (unpaired) electrons. The van der Waals surface area contributed by atoms with E-state index in [1.54, 1.807) is 24.0 Å². The monoisotopic (exact) mass is 258 g/mol. The molecule has 5 nitrogen and oxygen atoms in total. The lowest BCUT2D eigenvalue weighted by Crippen LogP contribution is -2.14. The first-order valence-electron chi connectivity index (χ1n) is 6.21. The summed E-state index contributed by atoms with van der Waals surface area (Å²) in [6.07, 6.45) is 2.44. The van der Waals surface area contributed by atoms with Gasteiger partial charge < -0.3 is 11.1 Å². The fourth-order valence-corrected chi connectivity index (χ4v) is 1.95. The van der Waals surface area contributed by atoms with Gasteiger partial charge >= 0.3 is 0 Å². The smallest absolute Gasteiger partial charge is 0.259 e. The van der Waals surface area contributed by atoms with Crippen LogP contribution < -0.4 is 11.1 Å². The Hall–Kier alpha value is -2.30. The van der Waals surface area contributed by atoms with Gasteiger partial charge in [-0.3, -0.25) is 9.48 Å². The van der Waals surface area contributed by atoms with Gasteiger partial charge in [0, 0.05) is 13.2 Å². The highest BCUT2D eigenvalue weighted by Gasteiger charge is 2.15. The van der Waals surface area contributed by atoms with Crippen molar-refractivity contribution in [3.63, 3.8) is 0 Å². The molecule has 0 spiro atoms. The van der Waals surface area contributed by atoms with Crippen molar-refractivity contribution in [2.45, 2.75) is 20.3 Å². The topological polar surface area (TPSA) is 72.9 Å². The number of carbonyl (C=O) groups is 1. The molecule has 0 saturated heterocycles. The second-order valence-electron chi connectivity index (χ2n) is 4.56. The number of aromatic nitrogens is 2. The molecule has 0 saturated carbocycles. The first-order chi connectivity index (χ1) is 9.01. The molecule has 0 aliphatic rings. The number of carbonyl (C=O) groups excluding carboxylic acids is 1. The Labute approximate surface area is 112 Å². The van der Waals surface area contributed by atoms with E-state index in [0.717, 1.165) is 11.3 Å². The van der Waals surface area contributed by atoms with E-state index in [4.69, 9.17) is 5.73 Å². The normalized spacial score (nSPS) is 10.5. The van der Waals surface area contributed by atoms with Crippen molar-refractivity contribution >= 4 is 17.3 Å². The molecule has 0 aliphatic carbocycles. The molecule has 1 heterocycles. The number of anilines is 2. The maximum Gasteiger partial charge on any atom is 0.259 e. The number of aryl methyl sites for hydroxylation is 3. The maximum atomic E-state index is 12.3. The third kappa shape index (κ3) is 2.76. The quantitative estimate of drug-likeness (QED) is 0.828. The number of rotatable bonds is 3. The summed E-state index contributed by atoms with van der Waals surface area (Å²) in [5.41, 5.74) is 9.47. The largest absolute Gasteiger partial charge is 0.397 e. The molecule has 2 rings (SSSR count). The first-order valence-corrected chi connectivity index (χ1v) is 6.21. The predicted octanol–water partition coefficient (Wildman–Crippen LogP) is 2.13. The zero-order valence-corrected chi connectivity index (χ0v) is 11.4. The van der Waals surface area contributed by atoms with Gasteiger partial charge in [-0.1, -0.05) is 13.0 Å². The molecule has 19 heavy (non-hydrogen) atoms. The number of amides is 1. The van der Waals surface area contributed by atoms with E-state index in [1.807, 2.05) is 26.0 Å². The van der Waals surface area contributed by atoms with Crippen LogP contribution in [0.2, 0.25) is 0 Å². The molecule has 5 heteroatoms. The summed E-state index contributed by atoms with van der Waals surface area (Å²) in [5, 5.41) is 7.09. The van der Waals surface area contributed by atoms with Gasteiger partial charge in [0.1, 0.15) is 0 Å². The van der Waals surface area contributed by atoms with Crippen LogP contribution in [0, 0.1) is 6.92 Å². The molecule has 100 valence electrons. The van der Waals surface area contributed by atoms with Crippen molar-refractivity contribution < 1.29 is 4.79 Å². The Morgan fingerprint density at radius 2 is 2.21 bits per heavy atom. The average Bonchev–Trinajstić information content (AvgIpc) is 2.75. The fraction of sp³-hybridized carbons (Fsp3) is 0.286. The molecule has 0 bridgehead atoms. The van der Waals surface area contributed by atoms with Crippen molar-refractivity contribution in [2.75, 3.05) is 11.1 Å². The predicted molar refractivity (Wildman–Crippen MR) is 76.1 cm³/mol. The van der Waals surface area contributed by atoms with Crippen LogP contribution in [-0.4, -0.2) is 15.7 Å². The summed E-state index contributed by atoms with van der Waals surface area (Å²) in [5.74, 6) is -0.178. The lowest BCUT2D eigenvalue weighted by Gasteiger charge is -2.08. The van der Waals surface area contributed by atoms with Crippen molar-refractivity contribution in [1.82, 2.24) is 9.78 Å². The van der Waals surface area contributed by atoms with Gasteiger partial charge in [-0.05, 0) is 31.0 Å². The van der Waals surface area contributed by atoms with Crippen LogP contribution in [0.15, 0.2) is 24.4 Å². The minimum absolute atomic E-state index is 0.178. The van der Waals surface area contributed by atoms with E-state index in [0.29, 0.717) is 23.4 Å². The van der Waals surface area contributed by atoms with Gasteiger partial charge in [-0.15, -0.1) is 0 Å². The van der Waals surface area contributed by atoms with Crippen molar-refractivity contribution in [3.8, 4) is 0 Å². The van der Waals surface area contributed by atoms with E-state index in [-0.39, 0.29) is 5.91 Å². The SMILES string of the molecule is CCc1nn(C)cc1C(=O)Nc1cc(C)ccc1N. The fourth-order valence-electron chi connectivity index (χ4n) is 1.95. The van der Waals surface area contributed by atoms with E-state index in [9.17, 15) is 4.79 Å². The van der Waals surface area contributed by atoms with Gasteiger partial charge in [-0.25, -0.2) is 0 Å². The second kappa shape index (κ2) is 5.14. The molecule has 0 aliphatic heterocycles. The van der Waals surface area contributed by atoms with Gasteiger partial charge in [-0.2, -0.15) is 5.10 Å². The molecule has 0 unspecified atom stereocenters. The number of hydrogen-bond acceptors (Lipinski definition) is 3. The standard InChI is InChI=1S/C14H18N4O/c1-4-12-10(8-18(3)17-12)14(19)16-13-7-9(2)5-6-11(13)15/h5-8H,4,15H2,1-3H3,(H,16,19). The number of nitrogens with zero attached hydrogens (tertiary/aromatic N) is 2. The number of hydrogen-bond donors (Lipinski definition) is 2. The van der Waals surface area contributed by atoms with Gasteiger partial charge in [0.15, 0.2) is 0 Å². The van der Waals surface area contributed by atoms with Crippen LogP contribution in [0.1, 0.15) is 28.5 Å². The second-order valence-corrected chi connectivity index (χ2v) is 4.56.